The van der Waals surface area contributed by atoms with Crippen LogP contribution >= 0.6 is 0 Å². The van der Waals surface area contributed by atoms with Crippen LogP contribution < -0.4 is 10.6 Å². The molecule has 1 aliphatic heterocycles. The number of rotatable bonds is 3. The molecule has 2 amide bonds. The van der Waals surface area contributed by atoms with Gasteiger partial charge in [-0.05, 0) is 31.4 Å². The Morgan fingerprint density at radius 1 is 1.11 bits per heavy atom. The monoisotopic (exact) mass is 383 g/mol. The van der Waals surface area contributed by atoms with Gasteiger partial charge in [0.2, 0.25) is 11.8 Å². The molecule has 1 fully saturated rings. The fraction of sp³-hybridized carbons (Fsp3) is 0.476. The maximum atomic E-state index is 12.6. The van der Waals surface area contributed by atoms with Gasteiger partial charge in [-0.1, -0.05) is 30.3 Å². The van der Waals surface area contributed by atoms with Gasteiger partial charge in [0.05, 0.1) is 6.33 Å². The van der Waals surface area contributed by atoms with Crippen molar-refractivity contribution in [1.82, 2.24) is 25.1 Å². The summed E-state index contributed by atoms with van der Waals surface area (Å²) in [6, 6.07) is 10.1. The average Bonchev–Trinajstić information content (AvgIpc) is 3.21. The minimum atomic E-state index is 0.0147. The Bertz CT molecular complexity index is 733. The number of nitrogens with one attached hydrogen (secondary N) is 2. The first-order valence-corrected chi connectivity index (χ1v) is 10.0. The largest absolute Gasteiger partial charge is 0.356 e. The molecule has 1 aromatic carbocycles. The summed E-state index contributed by atoms with van der Waals surface area (Å²) in [7, 11) is 0. The number of imidazole rings is 1. The van der Waals surface area contributed by atoms with Crippen molar-refractivity contribution >= 4 is 11.8 Å². The normalized spacial score (nSPS) is 19.8. The molecule has 3 rings (SSSR count). The van der Waals surface area contributed by atoms with Crippen LogP contribution in [0, 0.1) is 0 Å². The van der Waals surface area contributed by atoms with Crippen molar-refractivity contribution in [1.29, 1.82) is 0 Å². The molecule has 1 unspecified atom stereocenters. The van der Waals surface area contributed by atoms with E-state index >= 15 is 0 Å². The quantitative estimate of drug-likeness (QED) is 0.846. The molecule has 7 heteroatoms. The zero-order valence-electron chi connectivity index (χ0n) is 16.2. The number of benzene rings is 1. The van der Waals surface area contributed by atoms with E-state index in [1.807, 2.05) is 23.1 Å². The van der Waals surface area contributed by atoms with Crippen LogP contribution in [0.15, 0.2) is 49.1 Å². The van der Waals surface area contributed by atoms with Crippen LogP contribution in [0.3, 0.4) is 0 Å². The number of nitrogens with zero attached hydrogens (tertiary/aromatic N) is 3. The standard InChI is InChI=1S/C21H29N5O2/c27-20-15-19(18-7-2-1-3-8-18)23-9-4-5-12-26(13-6-10-24-20)21(28)16-25-14-11-22-17-25/h1-3,7-8,11,14,17,19,23H,4-6,9-10,12-13,15-16H2,(H,24,27). The lowest BCUT2D eigenvalue weighted by molar-refractivity contribution is -0.132. The molecule has 0 bridgehead atoms. The molecule has 0 spiro atoms. The summed E-state index contributed by atoms with van der Waals surface area (Å²) in [6.45, 7) is 3.09. The number of carbonyl (C=O) groups excluding carboxylic acids is 2. The third-order valence-corrected chi connectivity index (χ3v) is 4.99. The molecule has 0 saturated carbocycles. The average molecular weight is 383 g/mol. The third kappa shape index (κ3) is 6.20. The van der Waals surface area contributed by atoms with Gasteiger partial charge in [0.15, 0.2) is 0 Å². The van der Waals surface area contributed by atoms with Crippen LogP contribution in [0.25, 0.3) is 0 Å². The van der Waals surface area contributed by atoms with Gasteiger partial charge in [-0.25, -0.2) is 4.98 Å². The summed E-state index contributed by atoms with van der Waals surface area (Å²) >= 11 is 0. The third-order valence-electron chi connectivity index (χ3n) is 4.99. The summed E-state index contributed by atoms with van der Waals surface area (Å²) in [6.07, 6.45) is 8.21. The van der Waals surface area contributed by atoms with Gasteiger partial charge >= 0.3 is 0 Å². The lowest BCUT2D eigenvalue weighted by Gasteiger charge is -2.23. The highest BCUT2D eigenvalue weighted by Crippen LogP contribution is 2.17. The first-order valence-electron chi connectivity index (χ1n) is 10.0. The highest BCUT2D eigenvalue weighted by Gasteiger charge is 2.17. The van der Waals surface area contributed by atoms with E-state index in [1.54, 1.807) is 23.3 Å². The molecular formula is C21H29N5O2. The SMILES string of the molecule is O=C1CC(c2ccccc2)NCCCCN(C(=O)Cn2ccnc2)CCCN1. The second kappa shape index (κ2) is 10.6. The van der Waals surface area contributed by atoms with Gasteiger partial charge in [0.1, 0.15) is 6.54 Å². The van der Waals surface area contributed by atoms with E-state index in [4.69, 9.17) is 0 Å². The molecule has 0 aliphatic carbocycles. The van der Waals surface area contributed by atoms with E-state index in [1.165, 1.54) is 0 Å². The van der Waals surface area contributed by atoms with E-state index in [0.717, 1.165) is 37.9 Å². The molecular weight excluding hydrogens is 354 g/mol. The van der Waals surface area contributed by atoms with Gasteiger partial charge < -0.3 is 20.1 Å². The van der Waals surface area contributed by atoms with Crippen molar-refractivity contribution in [2.24, 2.45) is 0 Å². The van der Waals surface area contributed by atoms with Gasteiger partial charge in [0.25, 0.3) is 0 Å². The molecule has 1 saturated heterocycles. The highest BCUT2D eigenvalue weighted by molar-refractivity contribution is 5.77. The second-order valence-electron chi connectivity index (χ2n) is 7.15. The maximum Gasteiger partial charge on any atom is 0.242 e. The molecule has 1 aliphatic rings. The van der Waals surface area contributed by atoms with Gasteiger partial charge in [0, 0.05) is 44.5 Å². The Kier molecular flexibility index (Phi) is 7.61. The minimum absolute atomic E-state index is 0.0147. The number of hydrogen-bond donors (Lipinski definition) is 2. The minimum Gasteiger partial charge on any atom is -0.356 e. The van der Waals surface area contributed by atoms with Gasteiger partial charge in [-0.15, -0.1) is 0 Å². The first kappa shape index (κ1) is 20.1. The van der Waals surface area contributed by atoms with E-state index in [0.29, 0.717) is 26.1 Å². The van der Waals surface area contributed by atoms with Crippen LogP contribution in [0.1, 0.15) is 37.3 Å². The van der Waals surface area contributed by atoms with Crippen LogP contribution in [-0.4, -0.2) is 52.4 Å². The van der Waals surface area contributed by atoms with Crippen molar-refractivity contribution < 1.29 is 9.59 Å². The fourth-order valence-electron chi connectivity index (χ4n) is 3.45. The van der Waals surface area contributed by atoms with Crippen molar-refractivity contribution in [3.8, 4) is 0 Å². The Morgan fingerprint density at radius 2 is 1.93 bits per heavy atom. The van der Waals surface area contributed by atoms with Crippen molar-refractivity contribution in [3.63, 3.8) is 0 Å². The zero-order valence-corrected chi connectivity index (χ0v) is 16.2. The van der Waals surface area contributed by atoms with Crippen molar-refractivity contribution in [3.05, 3.63) is 54.6 Å². The maximum absolute atomic E-state index is 12.6. The lowest BCUT2D eigenvalue weighted by Crippen LogP contribution is -2.37. The van der Waals surface area contributed by atoms with Gasteiger partial charge in [-0.3, -0.25) is 9.59 Å². The Morgan fingerprint density at radius 3 is 2.71 bits per heavy atom. The fourth-order valence-corrected chi connectivity index (χ4v) is 3.45. The molecule has 2 aromatic rings. The van der Waals surface area contributed by atoms with Crippen molar-refractivity contribution in [2.75, 3.05) is 26.2 Å². The molecule has 1 atom stereocenters. The number of aromatic nitrogens is 2. The van der Waals surface area contributed by atoms with E-state index < -0.39 is 0 Å². The number of carbonyl (C=O) groups is 2. The summed E-state index contributed by atoms with van der Waals surface area (Å²) in [5.41, 5.74) is 1.13. The van der Waals surface area contributed by atoms with E-state index in [9.17, 15) is 9.59 Å². The summed E-state index contributed by atoms with van der Waals surface area (Å²) in [5, 5.41) is 6.50. The Labute approximate surface area is 166 Å². The summed E-state index contributed by atoms with van der Waals surface area (Å²) < 4.78 is 1.79. The Balaban J connectivity index is 1.58. The predicted molar refractivity (Wildman–Crippen MR) is 107 cm³/mol. The van der Waals surface area contributed by atoms with E-state index in [2.05, 4.69) is 27.8 Å². The second-order valence-corrected chi connectivity index (χ2v) is 7.15. The lowest BCUT2D eigenvalue weighted by atomic mass is 10.0. The number of amides is 2. The van der Waals surface area contributed by atoms with Crippen LogP contribution in [-0.2, 0) is 16.1 Å². The van der Waals surface area contributed by atoms with Crippen molar-refractivity contribution in [2.45, 2.75) is 38.3 Å². The highest BCUT2D eigenvalue weighted by atomic mass is 16.2. The predicted octanol–water partition coefficient (Wildman–Crippen LogP) is 1.73. The first-order chi connectivity index (χ1) is 13.7. The molecule has 28 heavy (non-hydrogen) atoms. The molecule has 2 N–H and O–H groups in total. The van der Waals surface area contributed by atoms with Gasteiger partial charge in [-0.2, -0.15) is 0 Å². The molecule has 2 heterocycles. The smallest absolute Gasteiger partial charge is 0.242 e. The molecule has 150 valence electrons. The van der Waals surface area contributed by atoms with Crippen LogP contribution in [0.5, 0.6) is 0 Å². The zero-order chi connectivity index (χ0) is 19.6. The summed E-state index contributed by atoms with van der Waals surface area (Å²) in [4.78, 5) is 30.9. The molecule has 1 aromatic heterocycles. The Hall–Kier alpha value is -2.67. The molecule has 7 nitrogen and oxygen atoms in total. The molecule has 0 radical (unpaired) electrons. The van der Waals surface area contributed by atoms with E-state index in [-0.39, 0.29) is 17.9 Å². The van der Waals surface area contributed by atoms with Crippen LogP contribution in [0.2, 0.25) is 0 Å². The summed E-state index contributed by atoms with van der Waals surface area (Å²) in [5.74, 6) is 0.131. The van der Waals surface area contributed by atoms with Crippen LogP contribution in [0.4, 0.5) is 0 Å². The number of hydrogen-bond acceptors (Lipinski definition) is 4. The topological polar surface area (TPSA) is 79.3 Å².